The largest absolute Gasteiger partial charge is 0.118 e. The Bertz CT molecular complexity index is 554. The number of halogens is 1. The lowest BCUT2D eigenvalue weighted by atomic mass is 10.0. The average Bonchev–Trinajstić information content (AvgIpc) is 2.75. The quantitative estimate of drug-likeness (QED) is 0.625. The fraction of sp³-hybridized carbons (Fsp3) is 0.200. The number of benzene rings is 2. The van der Waals surface area contributed by atoms with Crippen LogP contribution in [0.3, 0.4) is 0 Å². The molecule has 0 nitrogen and oxygen atoms in total. The van der Waals surface area contributed by atoms with Gasteiger partial charge in [0.1, 0.15) is 0 Å². The van der Waals surface area contributed by atoms with E-state index in [0.717, 1.165) is 12.8 Å². The Morgan fingerprint density at radius 1 is 1.00 bits per heavy atom. The van der Waals surface area contributed by atoms with Crippen molar-refractivity contribution in [1.82, 2.24) is 0 Å². The molecule has 0 bridgehead atoms. The number of allylic oxidation sites excluding steroid dienone is 2. The third-order valence-electron chi connectivity index (χ3n) is 3.19. The Labute approximate surface area is 101 Å². The molecule has 3 rings (SSSR count). The fourth-order valence-corrected chi connectivity index (χ4v) is 2.57. The van der Waals surface area contributed by atoms with Crippen LogP contribution in [0.2, 0.25) is 0 Å². The minimum absolute atomic E-state index is 0.224. The van der Waals surface area contributed by atoms with Crippen LogP contribution in [0, 0.1) is 0 Å². The third kappa shape index (κ3) is 1.74. The van der Waals surface area contributed by atoms with Gasteiger partial charge in [-0.05, 0) is 40.8 Å². The Balaban J connectivity index is 2.09. The van der Waals surface area contributed by atoms with Crippen molar-refractivity contribution >= 4 is 27.9 Å². The van der Waals surface area contributed by atoms with Crippen molar-refractivity contribution in [3.8, 4) is 0 Å². The average molecular weight is 229 g/mol. The molecule has 0 spiro atoms. The summed E-state index contributed by atoms with van der Waals surface area (Å²) in [5.74, 6) is 0. The molecule has 0 saturated heterocycles. The highest BCUT2D eigenvalue weighted by Gasteiger charge is 2.14. The van der Waals surface area contributed by atoms with Crippen LogP contribution in [0.15, 0.2) is 48.5 Å². The standard InChI is InChI=1S/C15H13Cl/c16-15-8-7-14(10-15)13-6-5-11-3-1-2-4-12(11)9-13/h1-6,9-10,15H,7-8H2. The molecule has 2 aromatic carbocycles. The second-order valence-electron chi connectivity index (χ2n) is 4.31. The smallest absolute Gasteiger partial charge is 0.0525 e. The van der Waals surface area contributed by atoms with Gasteiger partial charge in [0, 0.05) is 0 Å². The second-order valence-corrected chi connectivity index (χ2v) is 4.87. The van der Waals surface area contributed by atoms with Gasteiger partial charge in [-0.25, -0.2) is 0 Å². The van der Waals surface area contributed by atoms with Crippen molar-refractivity contribution in [2.24, 2.45) is 0 Å². The van der Waals surface area contributed by atoms with Crippen LogP contribution in [0.4, 0.5) is 0 Å². The molecule has 0 N–H and O–H groups in total. The fourth-order valence-electron chi connectivity index (χ4n) is 2.31. The first-order valence-electron chi connectivity index (χ1n) is 5.67. The van der Waals surface area contributed by atoms with E-state index in [2.05, 4.69) is 48.5 Å². The first-order valence-corrected chi connectivity index (χ1v) is 6.10. The summed E-state index contributed by atoms with van der Waals surface area (Å²) in [4.78, 5) is 0. The first kappa shape index (κ1) is 9.92. The van der Waals surface area contributed by atoms with Crippen molar-refractivity contribution in [1.29, 1.82) is 0 Å². The summed E-state index contributed by atoms with van der Waals surface area (Å²) in [5, 5.41) is 2.83. The maximum absolute atomic E-state index is 6.10. The maximum Gasteiger partial charge on any atom is 0.0525 e. The van der Waals surface area contributed by atoms with Crippen LogP contribution in [-0.2, 0) is 0 Å². The van der Waals surface area contributed by atoms with Gasteiger partial charge in [-0.1, -0.05) is 42.5 Å². The highest BCUT2D eigenvalue weighted by molar-refractivity contribution is 6.22. The van der Waals surface area contributed by atoms with Gasteiger partial charge in [-0.3, -0.25) is 0 Å². The number of alkyl halides is 1. The molecule has 80 valence electrons. The summed E-state index contributed by atoms with van der Waals surface area (Å²) < 4.78 is 0. The highest BCUT2D eigenvalue weighted by atomic mass is 35.5. The lowest BCUT2D eigenvalue weighted by Gasteiger charge is -2.04. The van der Waals surface area contributed by atoms with E-state index in [1.165, 1.54) is 21.9 Å². The molecule has 0 fully saturated rings. The number of fused-ring (bicyclic) bond motifs is 1. The molecule has 0 radical (unpaired) electrons. The first-order chi connectivity index (χ1) is 7.83. The molecule has 0 aromatic heterocycles. The van der Waals surface area contributed by atoms with Gasteiger partial charge in [0.15, 0.2) is 0 Å². The summed E-state index contributed by atoms with van der Waals surface area (Å²) >= 11 is 6.10. The molecule has 0 aliphatic heterocycles. The minimum Gasteiger partial charge on any atom is -0.118 e. The maximum atomic E-state index is 6.10. The molecular weight excluding hydrogens is 216 g/mol. The van der Waals surface area contributed by atoms with Crippen LogP contribution in [0.5, 0.6) is 0 Å². The zero-order valence-corrected chi connectivity index (χ0v) is 9.74. The van der Waals surface area contributed by atoms with E-state index < -0.39 is 0 Å². The summed E-state index contributed by atoms with van der Waals surface area (Å²) in [6.45, 7) is 0. The molecule has 2 aromatic rings. The summed E-state index contributed by atoms with van der Waals surface area (Å²) in [6, 6.07) is 15.1. The molecule has 1 unspecified atom stereocenters. The second kappa shape index (κ2) is 3.95. The number of hydrogen-bond acceptors (Lipinski definition) is 0. The van der Waals surface area contributed by atoms with Gasteiger partial charge in [0.05, 0.1) is 5.38 Å². The van der Waals surface area contributed by atoms with E-state index in [0.29, 0.717) is 0 Å². The lowest BCUT2D eigenvalue weighted by molar-refractivity contribution is 0.942. The highest BCUT2D eigenvalue weighted by Crippen LogP contribution is 2.31. The van der Waals surface area contributed by atoms with Crippen LogP contribution in [0.1, 0.15) is 18.4 Å². The number of hydrogen-bond donors (Lipinski definition) is 0. The van der Waals surface area contributed by atoms with Crippen molar-refractivity contribution in [2.45, 2.75) is 18.2 Å². The van der Waals surface area contributed by atoms with Crippen LogP contribution in [0.25, 0.3) is 16.3 Å². The van der Waals surface area contributed by atoms with Gasteiger partial charge in [-0.2, -0.15) is 0 Å². The predicted molar refractivity (Wildman–Crippen MR) is 70.8 cm³/mol. The summed E-state index contributed by atoms with van der Waals surface area (Å²) in [5.41, 5.74) is 2.72. The SMILES string of the molecule is ClC1C=C(c2ccc3ccccc3c2)CC1. The van der Waals surface area contributed by atoms with E-state index in [1.54, 1.807) is 0 Å². The van der Waals surface area contributed by atoms with E-state index in [9.17, 15) is 0 Å². The van der Waals surface area contributed by atoms with E-state index in [-0.39, 0.29) is 5.38 Å². The van der Waals surface area contributed by atoms with E-state index >= 15 is 0 Å². The van der Waals surface area contributed by atoms with E-state index in [1.807, 2.05) is 0 Å². The zero-order chi connectivity index (χ0) is 11.0. The van der Waals surface area contributed by atoms with Gasteiger partial charge in [0.25, 0.3) is 0 Å². The Morgan fingerprint density at radius 3 is 2.56 bits per heavy atom. The number of rotatable bonds is 1. The van der Waals surface area contributed by atoms with Crippen LogP contribution in [-0.4, -0.2) is 5.38 Å². The van der Waals surface area contributed by atoms with Crippen LogP contribution < -0.4 is 0 Å². The van der Waals surface area contributed by atoms with Gasteiger partial charge >= 0.3 is 0 Å². The molecule has 0 heterocycles. The van der Waals surface area contributed by atoms with Crippen molar-refractivity contribution < 1.29 is 0 Å². The van der Waals surface area contributed by atoms with E-state index in [4.69, 9.17) is 11.6 Å². The van der Waals surface area contributed by atoms with Crippen LogP contribution >= 0.6 is 11.6 Å². The van der Waals surface area contributed by atoms with Gasteiger partial charge in [-0.15, -0.1) is 11.6 Å². The molecular formula is C15H13Cl. The zero-order valence-electron chi connectivity index (χ0n) is 8.99. The molecule has 0 amide bonds. The predicted octanol–water partition coefficient (Wildman–Crippen LogP) is 4.62. The summed E-state index contributed by atoms with van der Waals surface area (Å²) in [7, 11) is 0. The van der Waals surface area contributed by atoms with Crippen molar-refractivity contribution in [3.63, 3.8) is 0 Å². The van der Waals surface area contributed by atoms with Crippen molar-refractivity contribution in [3.05, 3.63) is 54.1 Å². The molecule has 1 aliphatic carbocycles. The lowest BCUT2D eigenvalue weighted by Crippen LogP contribution is -1.81. The topological polar surface area (TPSA) is 0 Å². The molecule has 1 aliphatic rings. The Morgan fingerprint density at radius 2 is 1.81 bits per heavy atom. The minimum atomic E-state index is 0.224. The monoisotopic (exact) mass is 228 g/mol. The Hall–Kier alpha value is -1.27. The molecule has 16 heavy (non-hydrogen) atoms. The third-order valence-corrected chi connectivity index (χ3v) is 3.54. The Kier molecular flexibility index (Phi) is 2.45. The normalized spacial score (nSPS) is 20.1. The van der Waals surface area contributed by atoms with Crippen molar-refractivity contribution in [2.75, 3.05) is 0 Å². The van der Waals surface area contributed by atoms with Gasteiger partial charge < -0.3 is 0 Å². The molecule has 0 saturated carbocycles. The molecule has 1 heteroatoms. The van der Waals surface area contributed by atoms with Gasteiger partial charge in [0.2, 0.25) is 0 Å². The summed E-state index contributed by atoms with van der Waals surface area (Å²) in [6.07, 6.45) is 4.36. The molecule has 1 atom stereocenters.